The van der Waals surface area contributed by atoms with Gasteiger partial charge in [-0.25, -0.2) is 0 Å². The van der Waals surface area contributed by atoms with Crippen LogP contribution < -0.4 is 5.32 Å². The topological polar surface area (TPSA) is 52.6 Å². The van der Waals surface area contributed by atoms with E-state index in [-0.39, 0.29) is 31.1 Å². The standard InChI is InChI=1S/C24H32N2O2/c1-3-18(2)15-21(17-27)25-16-23(28)26-14-13-19-9-7-8-12-22(19)24(26)20-10-5-4-6-11-20/h4-12,18,21,24-25,27H,3,13-17H2,1-2H3/t18?,21-,24+/m1/s1. The van der Waals surface area contributed by atoms with Crippen LogP contribution in [0, 0.1) is 5.92 Å². The first-order valence-corrected chi connectivity index (χ1v) is 10.4. The van der Waals surface area contributed by atoms with Crippen molar-refractivity contribution in [3.63, 3.8) is 0 Å². The van der Waals surface area contributed by atoms with E-state index < -0.39 is 0 Å². The number of aliphatic hydroxyl groups is 1. The number of hydrogen-bond acceptors (Lipinski definition) is 3. The maximum Gasteiger partial charge on any atom is 0.237 e. The number of nitrogens with one attached hydrogen (secondary N) is 1. The summed E-state index contributed by atoms with van der Waals surface area (Å²) in [5, 5.41) is 13.0. The monoisotopic (exact) mass is 380 g/mol. The lowest BCUT2D eigenvalue weighted by molar-refractivity contribution is -0.132. The van der Waals surface area contributed by atoms with Crippen molar-refractivity contribution in [3.05, 3.63) is 71.3 Å². The Morgan fingerprint density at radius 2 is 1.89 bits per heavy atom. The van der Waals surface area contributed by atoms with E-state index in [1.54, 1.807) is 0 Å². The fraction of sp³-hybridized carbons (Fsp3) is 0.458. The normalized spacial score (nSPS) is 18.4. The average molecular weight is 381 g/mol. The lowest BCUT2D eigenvalue weighted by Crippen LogP contribution is -2.47. The summed E-state index contributed by atoms with van der Waals surface area (Å²) in [6.07, 6.45) is 2.83. The Bertz CT molecular complexity index is 762. The highest BCUT2D eigenvalue weighted by Gasteiger charge is 2.31. The van der Waals surface area contributed by atoms with Crippen LogP contribution in [0.15, 0.2) is 54.6 Å². The summed E-state index contributed by atoms with van der Waals surface area (Å²) in [5.41, 5.74) is 3.67. The fourth-order valence-corrected chi connectivity index (χ4v) is 4.04. The number of aliphatic hydroxyl groups excluding tert-OH is 1. The molecule has 1 aliphatic rings. The molecule has 1 amide bonds. The maximum atomic E-state index is 13.1. The van der Waals surface area contributed by atoms with Gasteiger partial charge in [-0.2, -0.15) is 0 Å². The molecular formula is C24H32N2O2. The largest absolute Gasteiger partial charge is 0.395 e. The van der Waals surface area contributed by atoms with Gasteiger partial charge in [-0.1, -0.05) is 74.9 Å². The zero-order valence-corrected chi connectivity index (χ0v) is 17.0. The van der Waals surface area contributed by atoms with Crippen LogP contribution in [0.4, 0.5) is 0 Å². The molecular weight excluding hydrogens is 348 g/mol. The van der Waals surface area contributed by atoms with Crippen molar-refractivity contribution < 1.29 is 9.90 Å². The molecule has 0 saturated carbocycles. The van der Waals surface area contributed by atoms with Gasteiger partial charge in [0.05, 0.1) is 19.2 Å². The predicted octanol–water partition coefficient (Wildman–Crippen LogP) is 3.55. The van der Waals surface area contributed by atoms with Gasteiger partial charge >= 0.3 is 0 Å². The van der Waals surface area contributed by atoms with Gasteiger partial charge in [0.25, 0.3) is 0 Å². The van der Waals surface area contributed by atoms with Crippen molar-refractivity contribution in [2.45, 2.75) is 45.2 Å². The molecule has 0 saturated heterocycles. The Morgan fingerprint density at radius 1 is 1.18 bits per heavy atom. The van der Waals surface area contributed by atoms with E-state index in [0.29, 0.717) is 12.5 Å². The molecule has 1 unspecified atom stereocenters. The number of carbonyl (C=O) groups is 1. The van der Waals surface area contributed by atoms with Crippen molar-refractivity contribution in [2.75, 3.05) is 19.7 Å². The molecule has 0 spiro atoms. The summed E-state index contributed by atoms with van der Waals surface area (Å²) in [4.78, 5) is 15.1. The van der Waals surface area contributed by atoms with Crippen LogP contribution >= 0.6 is 0 Å². The number of fused-ring (bicyclic) bond motifs is 1. The third-order valence-electron chi connectivity index (χ3n) is 5.87. The molecule has 0 bridgehead atoms. The fourth-order valence-electron chi connectivity index (χ4n) is 4.04. The number of amides is 1. The Morgan fingerprint density at radius 3 is 2.61 bits per heavy atom. The Labute approximate surface area is 168 Å². The highest BCUT2D eigenvalue weighted by Crippen LogP contribution is 2.34. The van der Waals surface area contributed by atoms with E-state index in [9.17, 15) is 9.90 Å². The van der Waals surface area contributed by atoms with Gasteiger partial charge in [-0.05, 0) is 35.4 Å². The van der Waals surface area contributed by atoms with E-state index in [1.807, 2.05) is 23.1 Å². The van der Waals surface area contributed by atoms with Crippen LogP contribution in [0.3, 0.4) is 0 Å². The molecule has 2 aromatic carbocycles. The second-order valence-corrected chi connectivity index (χ2v) is 7.86. The summed E-state index contributed by atoms with van der Waals surface area (Å²) in [5.74, 6) is 0.615. The molecule has 0 radical (unpaired) electrons. The SMILES string of the molecule is CCC(C)C[C@H](CO)NCC(=O)N1CCc2ccccc2[C@@H]1c1ccccc1. The molecule has 150 valence electrons. The summed E-state index contributed by atoms with van der Waals surface area (Å²) in [7, 11) is 0. The molecule has 3 rings (SSSR count). The first-order chi connectivity index (χ1) is 13.6. The van der Waals surface area contributed by atoms with Crippen LogP contribution in [0.25, 0.3) is 0 Å². The van der Waals surface area contributed by atoms with Crippen molar-refractivity contribution >= 4 is 5.91 Å². The number of benzene rings is 2. The minimum Gasteiger partial charge on any atom is -0.395 e. The highest BCUT2D eigenvalue weighted by molar-refractivity contribution is 5.79. The quantitative estimate of drug-likeness (QED) is 0.736. The van der Waals surface area contributed by atoms with E-state index in [1.165, 1.54) is 11.1 Å². The Balaban J connectivity index is 1.77. The molecule has 0 aromatic heterocycles. The lowest BCUT2D eigenvalue weighted by atomic mass is 9.88. The molecule has 2 aromatic rings. The first kappa shape index (κ1) is 20.6. The molecule has 1 heterocycles. The highest BCUT2D eigenvalue weighted by atomic mass is 16.3. The van der Waals surface area contributed by atoms with Crippen LogP contribution in [-0.2, 0) is 11.2 Å². The van der Waals surface area contributed by atoms with Crippen molar-refractivity contribution in [1.29, 1.82) is 0 Å². The molecule has 3 atom stereocenters. The third-order valence-corrected chi connectivity index (χ3v) is 5.87. The summed E-state index contributed by atoms with van der Waals surface area (Å²) >= 11 is 0. The summed E-state index contributed by atoms with van der Waals surface area (Å²) < 4.78 is 0. The van der Waals surface area contributed by atoms with Gasteiger partial charge in [0.15, 0.2) is 0 Å². The van der Waals surface area contributed by atoms with Crippen molar-refractivity contribution in [2.24, 2.45) is 5.92 Å². The van der Waals surface area contributed by atoms with Crippen LogP contribution in [0.1, 0.15) is 49.4 Å². The predicted molar refractivity (Wildman–Crippen MR) is 113 cm³/mol. The van der Waals surface area contributed by atoms with Gasteiger partial charge in [0, 0.05) is 12.6 Å². The molecule has 28 heavy (non-hydrogen) atoms. The molecule has 4 heteroatoms. The minimum atomic E-state index is -0.0532. The maximum absolute atomic E-state index is 13.1. The number of hydrogen-bond donors (Lipinski definition) is 2. The number of nitrogens with zero attached hydrogens (tertiary/aromatic N) is 1. The second-order valence-electron chi connectivity index (χ2n) is 7.86. The van der Waals surface area contributed by atoms with Gasteiger partial charge < -0.3 is 15.3 Å². The smallest absolute Gasteiger partial charge is 0.237 e. The van der Waals surface area contributed by atoms with Gasteiger partial charge in [-0.3, -0.25) is 4.79 Å². The third kappa shape index (κ3) is 4.81. The van der Waals surface area contributed by atoms with Crippen molar-refractivity contribution in [3.8, 4) is 0 Å². The second kappa shape index (κ2) is 9.85. The molecule has 0 fully saturated rings. The summed E-state index contributed by atoms with van der Waals surface area (Å²) in [6, 6.07) is 18.6. The minimum absolute atomic E-state index is 0.0360. The number of carbonyl (C=O) groups excluding carboxylic acids is 1. The van der Waals surface area contributed by atoms with E-state index in [0.717, 1.165) is 24.8 Å². The molecule has 2 N–H and O–H groups in total. The summed E-state index contributed by atoms with van der Waals surface area (Å²) in [6.45, 7) is 5.36. The Hall–Kier alpha value is -2.17. The van der Waals surface area contributed by atoms with Gasteiger partial charge in [-0.15, -0.1) is 0 Å². The van der Waals surface area contributed by atoms with E-state index in [4.69, 9.17) is 0 Å². The van der Waals surface area contributed by atoms with E-state index in [2.05, 4.69) is 55.6 Å². The van der Waals surface area contributed by atoms with Crippen LogP contribution in [-0.4, -0.2) is 41.7 Å². The van der Waals surface area contributed by atoms with Crippen LogP contribution in [0.2, 0.25) is 0 Å². The average Bonchev–Trinajstić information content (AvgIpc) is 2.75. The first-order valence-electron chi connectivity index (χ1n) is 10.4. The van der Waals surface area contributed by atoms with E-state index >= 15 is 0 Å². The molecule has 4 nitrogen and oxygen atoms in total. The molecule has 1 aliphatic heterocycles. The lowest BCUT2D eigenvalue weighted by Gasteiger charge is -2.38. The zero-order chi connectivity index (χ0) is 19.9. The number of rotatable bonds is 8. The van der Waals surface area contributed by atoms with Gasteiger partial charge in [0.1, 0.15) is 0 Å². The van der Waals surface area contributed by atoms with Crippen molar-refractivity contribution in [1.82, 2.24) is 10.2 Å². The zero-order valence-electron chi connectivity index (χ0n) is 17.0. The van der Waals surface area contributed by atoms with Crippen LogP contribution in [0.5, 0.6) is 0 Å². The Kier molecular flexibility index (Phi) is 7.24. The molecule has 0 aliphatic carbocycles. The van der Waals surface area contributed by atoms with Gasteiger partial charge in [0.2, 0.25) is 5.91 Å².